The number of anilines is 2. The Balaban J connectivity index is 1.01. The van der Waals surface area contributed by atoms with Crippen molar-refractivity contribution in [3.63, 3.8) is 0 Å². The van der Waals surface area contributed by atoms with E-state index in [1.165, 1.54) is 50.2 Å². The second-order valence-electron chi connectivity index (χ2n) is 20.9. The van der Waals surface area contributed by atoms with Gasteiger partial charge in [0, 0.05) is 34.0 Å². The van der Waals surface area contributed by atoms with E-state index in [2.05, 4.69) is 249 Å². The van der Waals surface area contributed by atoms with Crippen LogP contribution < -0.4 is 4.90 Å². The SMILES string of the molecule is CC(=Nc1ccccc1[C@@H](C)c1ccccc1)c1cc(-c2ccccc2)cc(-c2ccc3c(c2)C2(c4ccccc4-c4ccccc42)c2cc(-c4nc(-c5ccccc5)nc(-c5ccccc5)n4)ccc2N3C2=CC=CCC2)c1. The summed E-state index contributed by atoms with van der Waals surface area (Å²) in [5.74, 6) is 2.06. The molecule has 1 spiro atoms. The number of allylic oxidation sites excluding steroid dienone is 4. The summed E-state index contributed by atoms with van der Waals surface area (Å²) in [7, 11) is 0. The maximum atomic E-state index is 5.47. The predicted octanol–water partition coefficient (Wildman–Crippen LogP) is 18.5. The van der Waals surface area contributed by atoms with Gasteiger partial charge in [-0.2, -0.15) is 0 Å². The number of aliphatic imine (C=N–C) groups is 1. The fourth-order valence-electron chi connectivity index (χ4n) is 12.4. The van der Waals surface area contributed by atoms with Gasteiger partial charge >= 0.3 is 0 Å². The van der Waals surface area contributed by atoms with Crippen molar-refractivity contribution in [3.05, 3.63) is 312 Å². The molecule has 2 heterocycles. The molecule has 0 saturated heterocycles. The van der Waals surface area contributed by atoms with E-state index >= 15 is 0 Å². The van der Waals surface area contributed by atoms with E-state index in [9.17, 15) is 0 Å². The maximum absolute atomic E-state index is 5.47. The lowest BCUT2D eigenvalue weighted by Gasteiger charge is -2.46. The summed E-state index contributed by atoms with van der Waals surface area (Å²) < 4.78 is 0. The van der Waals surface area contributed by atoms with Crippen LogP contribution in [0.25, 0.3) is 67.5 Å². The van der Waals surface area contributed by atoms with Crippen molar-refractivity contribution in [1.82, 2.24) is 15.0 Å². The standard InChI is InChI=1S/C74H55N5/c1-49(51-24-8-3-9-25-51)61-34-20-23-39-68(61)75-50(2)57-44-58(52-26-10-4-11-27-52)46-59(45-57)55-40-42-69-66(47-55)74(64-37-21-18-35-62(64)63-36-19-22-38-65(63)74)67-48-56(41-43-70(67)79(69)60-32-16-7-17-33-60)73-77-71(53-28-12-5-13-29-53)76-72(78-73)54-30-14-6-15-31-54/h3-16,18-32,34-49H,17,33H2,1-2H3/t49-/m0/s1. The third-order valence-electron chi connectivity index (χ3n) is 16.3. The first-order valence-electron chi connectivity index (χ1n) is 27.4. The number of hydrogen-bond donors (Lipinski definition) is 0. The van der Waals surface area contributed by atoms with Gasteiger partial charge in [-0.05, 0) is 153 Å². The molecule has 0 fully saturated rings. The third kappa shape index (κ3) is 8.34. The average molecular weight is 1010 g/mol. The Bertz CT molecular complexity index is 4110. The zero-order chi connectivity index (χ0) is 52.9. The fraction of sp³-hybridized carbons (Fsp3) is 0.0811. The lowest BCUT2D eigenvalue weighted by molar-refractivity contribution is 0.742. The molecule has 0 N–H and O–H groups in total. The Morgan fingerprint density at radius 1 is 0.456 bits per heavy atom. The summed E-state index contributed by atoms with van der Waals surface area (Å²) in [6, 6.07) is 89.8. The van der Waals surface area contributed by atoms with Crippen molar-refractivity contribution in [3.8, 4) is 67.5 Å². The quantitative estimate of drug-likeness (QED) is 0.128. The van der Waals surface area contributed by atoms with Crippen LogP contribution in [0.15, 0.2) is 278 Å². The molecule has 11 aromatic rings. The van der Waals surface area contributed by atoms with Crippen LogP contribution in [0.3, 0.4) is 0 Å². The Morgan fingerprint density at radius 3 is 1.54 bits per heavy atom. The van der Waals surface area contributed by atoms with Gasteiger partial charge in [-0.15, -0.1) is 0 Å². The molecule has 0 amide bonds. The van der Waals surface area contributed by atoms with Crippen LogP contribution in [-0.2, 0) is 5.41 Å². The normalized spacial score (nSPS) is 14.2. The fourth-order valence-corrected chi connectivity index (χ4v) is 12.4. The largest absolute Gasteiger partial charge is 0.314 e. The van der Waals surface area contributed by atoms with E-state index in [1.54, 1.807) is 0 Å². The highest BCUT2D eigenvalue weighted by Crippen LogP contribution is 2.64. The van der Waals surface area contributed by atoms with Crippen molar-refractivity contribution in [2.45, 2.75) is 38.0 Å². The Kier molecular flexibility index (Phi) is 12.0. The number of rotatable bonds is 10. The van der Waals surface area contributed by atoms with E-state index < -0.39 is 5.41 Å². The molecule has 79 heavy (non-hydrogen) atoms. The van der Waals surface area contributed by atoms with E-state index in [4.69, 9.17) is 19.9 Å². The van der Waals surface area contributed by atoms with E-state index in [0.717, 1.165) is 80.1 Å². The van der Waals surface area contributed by atoms with Crippen molar-refractivity contribution >= 4 is 22.8 Å². The van der Waals surface area contributed by atoms with E-state index in [1.807, 2.05) is 36.4 Å². The highest BCUT2D eigenvalue weighted by molar-refractivity contribution is 6.03. The minimum atomic E-state index is -0.737. The van der Waals surface area contributed by atoms with Gasteiger partial charge in [0.2, 0.25) is 0 Å². The van der Waals surface area contributed by atoms with Crippen LogP contribution in [0.2, 0.25) is 0 Å². The first kappa shape index (κ1) is 47.6. The topological polar surface area (TPSA) is 54.3 Å². The zero-order valence-corrected chi connectivity index (χ0v) is 44.1. The monoisotopic (exact) mass is 1010 g/mol. The third-order valence-corrected chi connectivity index (χ3v) is 16.3. The number of benzene rings is 10. The molecule has 10 aromatic carbocycles. The van der Waals surface area contributed by atoms with Crippen molar-refractivity contribution in [1.29, 1.82) is 0 Å². The highest BCUT2D eigenvalue weighted by atomic mass is 15.2. The molecule has 3 aliphatic rings. The molecule has 1 aliphatic heterocycles. The minimum absolute atomic E-state index is 0.172. The van der Waals surface area contributed by atoms with Crippen LogP contribution in [0.1, 0.15) is 71.6 Å². The van der Waals surface area contributed by atoms with E-state index in [0.29, 0.717) is 17.5 Å². The van der Waals surface area contributed by atoms with Gasteiger partial charge in [-0.25, -0.2) is 15.0 Å². The molecular formula is C74H55N5. The van der Waals surface area contributed by atoms with Crippen molar-refractivity contribution in [2.24, 2.45) is 4.99 Å². The number of fused-ring (bicyclic) bond motifs is 9. The zero-order valence-electron chi connectivity index (χ0n) is 44.1. The molecule has 0 radical (unpaired) electrons. The van der Waals surface area contributed by atoms with Gasteiger partial charge in [0.25, 0.3) is 0 Å². The van der Waals surface area contributed by atoms with Gasteiger partial charge in [-0.1, -0.05) is 213 Å². The van der Waals surface area contributed by atoms with Crippen LogP contribution in [0.5, 0.6) is 0 Å². The second-order valence-corrected chi connectivity index (χ2v) is 20.9. The number of aromatic nitrogens is 3. The molecule has 14 rings (SSSR count). The summed E-state index contributed by atoms with van der Waals surface area (Å²) in [6.07, 6.45) is 8.65. The smallest absolute Gasteiger partial charge is 0.164 e. The molecule has 5 nitrogen and oxygen atoms in total. The molecule has 376 valence electrons. The highest BCUT2D eigenvalue weighted by Gasteiger charge is 2.52. The molecule has 1 atom stereocenters. The number of para-hydroxylation sites is 1. The van der Waals surface area contributed by atoms with Gasteiger partial charge < -0.3 is 4.90 Å². The summed E-state index contributed by atoms with van der Waals surface area (Å²) >= 11 is 0. The molecular weight excluding hydrogens is 959 g/mol. The summed E-state index contributed by atoms with van der Waals surface area (Å²) in [4.78, 5) is 23.7. The van der Waals surface area contributed by atoms with Crippen LogP contribution in [-0.4, -0.2) is 20.7 Å². The minimum Gasteiger partial charge on any atom is -0.314 e. The molecule has 0 bridgehead atoms. The van der Waals surface area contributed by atoms with Gasteiger partial charge in [-0.3, -0.25) is 4.99 Å². The number of hydrogen-bond acceptors (Lipinski definition) is 5. The van der Waals surface area contributed by atoms with E-state index in [-0.39, 0.29) is 5.92 Å². The molecule has 5 heteroatoms. The summed E-state index contributed by atoms with van der Waals surface area (Å²) in [5.41, 5.74) is 23.0. The van der Waals surface area contributed by atoms with Gasteiger partial charge in [0.15, 0.2) is 17.5 Å². The first-order chi connectivity index (χ1) is 39.0. The summed E-state index contributed by atoms with van der Waals surface area (Å²) in [5, 5.41) is 0. The Hall–Kier alpha value is -9.84. The Labute approximate surface area is 462 Å². The van der Waals surface area contributed by atoms with Crippen LogP contribution >= 0.6 is 0 Å². The lowest BCUT2D eigenvalue weighted by atomic mass is 9.64. The lowest BCUT2D eigenvalue weighted by Crippen LogP contribution is -2.37. The van der Waals surface area contributed by atoms with Crippen molar-refractivity contribution in [2.75, 3.05) is 4.90 Å². The van der Waals surface area contributed by atoms with Gasteiger partial charge in [0.1, 0.15) is 0 Å². The first-order valence-corrected chi connectivity index (χ1v) is 27.4. The number of nitrogens with zero attached hydrogens (tertiary/aromatic N) is 5. The van der Waals surface area contributed by atoms with Crippen molar-refractivity contribution < 1.29 is 0 Å². The Morgan fingerprint density at radius 2 is 0.949 bits per heavy atom. The van der Waals surface area contributed by atoms with Crippen LogP contribution in [0.4, 0.5) is 17.1 Å². The predicted molar refractivity (Wildman–Crippen MR) is 325 cm³/mol. The summed E-state index contributed by atoms with van der Waals surface area (Å²) in [6.45, 7) is 4.43. The maximum Gasteiger partial charge on any atom is 0.164 e. The molecule has 0 saturated carbocycles. The average Bonchev–Trinajstić information content (AvgIpc) is 2.86. The van der Waals surface area contributed by atoms with Crippen LogP contribution in [0, 0.1) is 0 Å². The molecule has 2 aliphatic carbocycles. The van der Waals surface area contributed by atoms with Gasteiger partial charge in [0.05, 0.1) is 22.5 Å². The second kappa shape index (κ2) is 19.9. The molecule has 1 aromatic heterocycles. The molecule has 0 unspecified atom stereocenters.